The molecule has 0 amide bonds. The topological polar surface area (TPSA) is 231 Å². The average molecular weight is 1400 g/mol. The summed E-state index contributed by atoms with van der Waals surface area (Å²) in [6, 6.07) is 0. The van der Waals surface area contributed by atoms with E-state index < -0.39 is 91.5 Å². The summed E-state index contributed by atoms with van der Waals surface area (Å²) in [5, 5.41) is 20.6. The van der Waals surface area contributed by atoms with Crippen LogP contribution in [0.25, 0.3) is 0 Å². The van der Waals surface area contributed by atoms with Crippen molar-refractivity contribution in [3.05, 3.63) is 158 Å². The number of carbonyl (C=O) groups is 3. The number of rotatable bonds is 68. The summed E-state index contributed by atoms with van der Waals surface area (Å²) in [4.78, 5) is 58.5. The van der Waals surface area contributed by atoms with Crippen molar-refractivity contribution in [3.63, 3.8) is 0 Å². The van der Waals surface area contributed by atoms with E-state index in [-0.39, 0.29) is 19.3 Å². The fourth-order valence-corrected chi connectivity index (χ4v) is 10.8. The SMILES string of the molecule is CC/C=C\C/C=C\C/C=C\C/C=C\C/C=C\CCCCCCCCCCCCCCCC(=O)OCC(O)COP(=O)(O)OCC(O)COP(=O)(O)OCC(COC(=O)CCC/C=C\C/C=C\C/C=C\C/C=C\C/C=C\CC)OC(=O)CCCCCCC/C=C\C/C=C\C/C=C\CC. The maximum atomic E-state index is 12.9. The van der Waals surface area contributed by atoms with Crippen LogP contribution >= 0.6 is 15.6 Å². The molecule has 0 aromatic carbocycles. The average Bonchev–Trinajstić information content (AvgIpc) is 1.48. The number of unbranched alkanes of at least 4 members (excludes halogenated alkanes) is 19. The van der Waals surface area contributed by atoms with E-state index >= 15 is 0 Å². The van der Waals surface area contributed by atoms with Crippen LogP contribution in [0.1, 0.15) is 265 Å². The molecule has 18 heteroatoms. The van der Waals surface area contributed by atoms with Crippen molar-refractivity contribution in [2.45, 2.75) is 283 Å². The van der Waals surface area contributed by atoms with E-state index in [2.05, 4.69) is 167 Å². The molecule has 16 nitrogen and oxygen atoms in total. The molecule has 5 atom stereocenters. The van der Waals surface area contributed by atoms with Gasteiger partial charge in [-0.15, -0.1) is 0 Å². The van der Waals surface area contributed by atoms with E-state index in [0.29, 0.717) is 25.7 Å². The van der Waals surface area contributed by atoms with Gasteiger partial charge in [0.15, 0.2) is 6.10 Å². The molecule has 0 aromatic rings. The highest BCUT2D eigenvalue weighted by Gasteiger charge is 2.29. The van der Waals surface area contributed by atoms with Crippen molar-refractivity contribution in [3.8, 4) is 0 Å². The maximum absolute atomic E-state index is 12.9. The van der Waals surface area contributed by atoms with Crippen molar-refractivity contribution in [1.29, 1.82) is 0 Å². The summed E-state index contributed by atoms with van der Waals surface area (Å²) in [5.41, 5.74) is 0. The lowest BCUT2D eigenvalue weighted by atomic mass is 10.0. The smallest absolute Gasteiger partial charge is 0.463 e. The number of carbonyl (C=O) groups excluding carboxylic acids is 3. The minimum Gasteiger partial charge on any atom is -0.463 e. The maximum Gasteiger partial charge on any atom is 0.472 e. The molecule has 0 aliphatic carbocycles. The van der Waals surface area contributed by atoms with Crippen LogP contribution in [0.4, 0.5) is 0 Å². The second-order valence-corrected chi connectivity index (χ2v) is 26.9. The Morgan fingerprint density at radius 1 is 0.289 bits per heavy atom. The third-order valence-corrected chi connectivity index (χ3v) is 16.6. The molecule has 5 unspecified atom stereocenters. The fourth-order valence-electron chi connectivity index (χ4n) is 9.24. The highest BCUT2D eigenvalue weighted by molar-refractivity contribution is 7.47. The Morgan fingerprint density at radius 2 is 0.526 bits per heavy atom. The first kappa shape index (κ1) is 92.2. The van der Waals surface area contributed by atoms with Crippen LogP contribution in [0, 0.1) is 0 Å². The Morgan fingerprint density at radius 3 is 0.856 bits per heavy atom. The van der Waals surface area contributed by atoms with E-state index in [1.807, 2.05) is 12.2 Å². The predicted molar refractivity (Wildman–Crippen MR) is 399 cm³/mol. The molecule has 0 aromatic heterocycles. The first-order valence-electron chi connectivity index (χ1n) is 36.8. The Labute approximate surface area is 587 Å². The van der Waals surface area contributed by atoms with Crippen molar-refractivity contribution < 1.29 is 75.8 Å². The molecule has 0 rings (SSSR count). The van der Waals surface area contributed by atoms with Crippen LogP contribution in [0.2, 0.25) is 0 Å². The van der Waals surface area contributed by atoms with Gasteiger partial charge >= 0.3 is 33.6 Å². The number of aliphatic hydroxyl groups is 2. The number of esters is 3. The van der Waals surface area contributed by atoms with Crippen molar-refractivity contribution in [2.75, 3.05) is 39.6 Å². The summed E-state index contributed by atoms with van der Waals surface area (Å²) in [6.07, 6.45) is 87.4. The van der Waals surface area contributed by atoms with E-state index in [9.17, 15) is 43.5 Å². The lowest BCUT2D eigenvalue weighted by Gasteiger charge is -2.21. The minimum atomic E-state index is -4.95. The lowest BCUT2D eigenvalue weighted by molar-refractivity contribution is -0.161. The first-order chi connectivity index (χ1) is 47.2. The molecule has 97 heavy (non-hydrogen) atoms. The zero-order chi connectivity index (χ0) is 70.9. The highest BCUT2D eigenvalue weighted by atomic mass is 31.2. The van der Waals surface area contributed by atoms with Crippen molar-refractivity contribution in [2.24, 2.45) is 0 Å². The van der Waals surface area contributed by atoms with Gasteiger partial charge in [0, 0.05) is 19.3 Å². The van der Waals surface area contributed by atoms with Crippen LogP contribution in [-0.4, -0.2) is 95.9 Å². The monoisotopic (exact) mass is 1400 g/mol. The molecule has 4 N–H and O–H groups in total. The Balaban J connectivity index is 4.56. The van der Waals surface area contributed by atoms with E-state index in [1.54, 1.807) is 0 Å². The molecule has 0 saturated carbocycles. The van der Waals surface area contributed by atoms with Crippen LogP contribution in [-0.2, 0) is 55.8 Å². The largest absolute Gasteiger partial charge is 0.472 e. The summed E-state index contributed by atoms with van der Waals surface area (Å²) in [7, 11) is -9.81. The third kappa shape index (κ3) is 72.2. The summed E-state index contributed by atoms with van der Waals surface area (Å²) < 4.78 is 60.9. The Kier molecular flexibility index (Phi) is 67.5. The zero-order valence-electron chi connectivity index (χ0n) is 59.9. The third-order valence-electron chi connectivity index (χ3n) is 14.7. The number of ether oxygens (including phenoxy) is 3. The van der Waals surface area contributed by atoms with Gasteiger partial charge in [0.25, 0.3) is 0 Å². The van der Waals surface area contributed by atoms with Crippen molar-refractivity contribution >= 4 is 33.6 Å². The molecule has 0 heterocycles. The van der Waals surface area contributed by atoms with Gasteiger partial charge in [-0.25, -0.2) is 9.13 Å². The zero-order valence-corrected chi connectivity index (χ0v) is 61.7. The fraction of sp³-hybridized carbons (Fsp3) is 0.633. The highest BCUT2D eigenvalue weighted by Crippen LogP contribution is 2.45. The number of phosphoric ester groups is 2. The number of hydrogen-bond acceptors (Lipinski definition) is 14. The van der Waals surface area contributed by atoms with Gasteiger partial charge in [0.2, 0.25) is 0 Å². The molecular weight excluding hydrogens is 1270 g/mol. The van der Waals surface area contributed by atoms with Gasteiger partial charge in [-0.05, 0) is 135 Å². The Hall–Kier alpha value is -4.83. The molecule has 552 valence electrons. The summed E-state index contributed by atoms with van der Waals surface area (Å²) in [6.45, 7) is 2.23. The van der Waals surface area contributed by atoms with E-state index in [4.69, 9.17) is 32.3 Å². The predicted octanol–water partition coefficient (Wildman–Crippen LogP) is 21.1. The quantitative estimate of drug-likeness (QED) is 0.0146. The van der Waals surface area contributed by atoms with Crippen LogP contribution in [0.5, 0.6) is 0 Å². The van der Waals surface area contributed by atoms with Gasteiger partial charge in [0.1, 0.15) is 25.4 Å². The Bertz CT molecular complexity index is 2400. The van der Waals surface area contributed by atoms with Gasteiger partial charge in [-0.3, -0.25) is 32.5 Å². The molecule has 0 spiro atoms. The molecule has 0 saturated heterocycles. The molecule has 0 radical (unpaired) electrons. The van der Waals surface area contributed by atoms with Gasteiger partial charge in [-0.1, -0.05) is 269 Å². The first-order valence-corrected chi connectivity index (χ1v) is 39.8. The minimum absolute atomic E-state index is 0.0679. The van der Waals surface area contributed by atoms with Crippen LogP contribution < -0.4 is 0 Å². The van der Waals surface area contributed by atoms with E-state index in [1.165, 1.54) is 57.8 Å². The van der Waals surface area contributed by atoms with E-state index in [0.717, 1.165) is 141 Å². The normalized spacial score (nSPS) is 15.0. The van der Waals surface area contributed by atoms with Crippen molar-refractivity contribution in [1.82, 2.24) is 0 Å². The van der Waals surface area contributed by atoms with Crippen LogP contribution in [0.15, 0.2) is 158 Å². The van der Waals surface area contributed by atoms with Gasteiger partial charge in [-0.2, -0.15) is 0 Å². The summed E-state index contributed by atoms with van der Waals surface area (Å²) in [5.74, 6) is -1.67. The number of phosphoric acid groups is 2. The van der Waals surface area contributed by atoms with Gasteiger partial charge in [0.05, 0.1) is 26.4 Å². The lowest BCUT2D eigenvalue weighted by Crippen LogP contribution is -2.30. The molecule has 0 aliphatic rings. The molecule has 0 aliphatic heterocycles. The second-order valence-electron chi connectivity index (χ2n) is 23.9. The standard InChI is InChI=1S/C79H130O16P2/c1-4-7-10-13-16-19-22-25-28-30-31-32-33-34-35-36-37-38-39-40-41-43-46-47-50-53-56-59-62-65-77(82)89-68-74(80)69-91-96(85,86)92-70-75(81)71-93-97(87,88)94-73-76(95-79(84)67-64-61-58-55-52-49-44-27-24-21-18-15-12-9-6-3)72-90-78(83)66-63-60-57-54-51-48-45-42-29-26-23-20-17-14-11-8-5-2/h7-12,16-21,25-29,31-32,34-35,44-45,48,54,57,74-76,80-81H,4-6,13-15,22-24,30,33,36-43,46-47,49-53,55-56,58-73H2,1-3H3,(H,85,86)(H,87,88)/b10-7-,11-8-,12-9-,19-16-,20-17-,21-18-,28-25-,29-26-,32-31-,35-34-,44-27-,48-45-,57-54-. The number of hydrogen-bond donors (Lipinski definition) is 4. The molecule has 0 bridgehead atoms. The summed E-state index contributed by atoms with van der Waals surface area (Å²) >= 11 is 0. The number of aliphatic hydroxyl groups excluding tert-OH is 2. The molecule has 0 fully saturated rings. The second kappa shape index (κ2) is 71.0. The van der Waals surface area contributed by atoms with Crippen LogP contribution in [0.3, 0.4) is 0 Å². The number of allylic oxidation sites excluding steroid dienone is 26. The molecular formula is C79H130O16P2. The van der Waals surface area contributed by atoms with Gasteiger partial charge < -0.3 is 34.2 Å².